The first-order valence-electron chi connectivity index (χ1n) is 9.09. The molecular formula is C22H18Cl2N2OS2. The molecule has 0 unspecified atom stereocenters. The number of amides is 2. The Bertz CT molecular complexity index is 999. The highest BCUT2D eigenvalue weighted by molar-refractivity contribution is 7.99. The lowest BCUT2D eigenvalue weighted by molar-refractivity contribution is 0.249. The Labute approximate surface area is 188 Å². The summed E-state index contributed by atoms with van der Waals surface area (Å²) >= 11 is 15.4. The highest BCUT2D eigenvalue weighted by Gasteiger charge is 2.27. The first kappa shape index (κ1) is 20.5. The second-order valence-electron chi connectivity index (χ2n) is 6.41. The number of thioether (sulfide) groups is 1. The summed E-state index contributed by atoms with van der Waals surface area (Å²) < 4.78 is 0. The lowest BCUT2D eigenvalue weighted by Crippen LogP contribution is -2.39. The lowest BCUT2D eigenvalue weighted by atomic mass is 10.2. The monoisotopic (exact) mass is 460 g/mol. The van der Waals surface area contributed by atoms with Crippen LogP contribution in [0.25, 0.3) is 0 Å². The van der Waals surface area contributed by atoms with Crippen molar-refractivity contribution >= 4 is 64.1 Å². The molecule has 3 aromatic rings. The molecule has 0 saturated carbocycles. The molecule has 0 saturated heterocycles. The van der Waals surface area contributed by atoms with Crippen molar-refractivity contribution in [1.82, 2.24) is 5.32 Å². The molecule has 3 aromatic carbocycles. The summed E-state index contributed by atoms with van der Waals surface area (Å²) in [6.07, 6.45) is 0. The van der Waals surface area contributed by atoms with Crippen molar-refractivity contribution in [3.05, 3.63) is 82.3 Å². The summed E-state index contributed by atoms with van der Waals surface area (Å²) in [5.41, 5.74) is 2.95. The van der Waals surface area contributed by atoms with Crippen molar-refractivity contribution < 1.29 is 4.79 Å². The molecule has 4 rings (SSSR count). The molecule has 0 fully saturated rings. The van der Waals surface area contributed by atoms with Gasteiger partial charge in [-0.2, -0.15) is 11.8 Å². The zero-order chi connectivity index (χ0) is 20.2. The number of anilines is 2. The maximum absolute atomic E-state index is 13.0. The molecule has 2 amide bonds. The van der Waals surface area contributed by atoms with Gasteiger partial charge in [0, 0.05) is 27.8 Å². The minimum Gasteiger partial charge on any atom is -0.337 e. The zero-order valence-corrected chi connectivity index (χ0v) is 18.5. The topological polar surface area (TPSA) is 32.3 Å². The average Bonchev–Trinajstić information content (AvgIpc) is 2.74. The van der Waals surface area contributed by atoms with Crippen LogP contribution in [0.2, 0.25) is 10.0 Å². The van der Waals surface area contributed by atoms with Crippen LogP contribution in [0.5, 0.6) is 0 Å². The maximum atomic E-state index is 13.0. The van der Waals surface area contributed by atoms with Gasteiger partial charge in [-0.1, -0.05) is 65.3 Å². The minimum absolute atomic E-state index is 0.111. The van der Waals surface area contributed by atoms with Crippen LogP contribution < -0.4 is 10.2 Å². The molecular weight excluding hydrogens is 443 g/mol. The van der Waals surface area contributed by atoms with Gasteiger partial charge in [-0.25, -0.2) is 4.79 Å². The molecule has 0 radical (unpaired) electrons. The summed E-state index contributed by atoms with van der Waals surface area (Å²) in [5.74, 6) is 1.62. The first-order chi connectivity index (χ1) is 14.1. The second kappa shape index (κ2) is 9.35. The molecule has 0 bridgehead atoms. The summed E-state index contributed by atoms with van der Waals surface area (Å²) in [5, 5.41) is 4.18. The zero-order valence-electron chi connectivity index (χ0n) is 15.4. The molecule has 1 N–H and O–H groups in total. The van der Waals surface area contributed by atoms with Crippen LogP contribution in [0.1, 0.15) is 5.56 Å². The summed E-state index contributed by atoms with van der Waals surface area (Å²) in [4.78, 5) is 16.9. The van der Waals surface area contributed by atoms with Gasteiger partial charge in [-0.15, -0.1) is 0 Å². The highest BCUT2D eigenvalue weighted by atomic mass is 35.5. The van der Waals surface area contributed by atoms with E-state index in [1.54, 1.807) is 28.4 Å². The van der Waals surface area contributed by atoms with Crippen LogP contribution in [-0.2, 0) is 5.75 Å². The van der Waals surface area contributed by atoms with E-state index in [1.807, 2.05) is 66.7 Å². The standard InChI is InChI=1S/C22H18Cl2N2OS2/c23-16-10-9-15(13-17(16)24)14-28-12-11-25-22(27)26-18-5-1-3-7-20(18)29-21-8-4-2-6-19(21)26/h1-10,13H,11-12,14H2,(H,25,27). The fourth-order valence-corrected chi connectivity index (χ4v) is 5.24. The Morgan fingerprint density at radius 1 is 0.931 bits per heavy atom. The number of carbonyl (C=O) groups excluding carboxylic acids is 1. The molecule has 0 atom stereocenters. The van der Waals surface area contributed by atoms with Crippen LogP contribution >= 0.6 is 46.7 Å². The molecule has 0 aliphatic carbocycles. The third kappa shape index (κ3) is 4.69. The van der Waals surface area contributed by atoms with E-state index in [2.05, 4.69) is 5.32 Å². The molecule has 7 heteroatoms. The van der Waals surface area contributed by atoms with E-state index < -0.39 is 0 Å². The molecule has 3 nitrogen and oxygen atoms in total. The van der Waals surface area contributed by atoms with Gasteiger partial charge < -0.3 is 5.32 Å². The number of para-hydroxylation sites is 2. The molecule has 148 valence electrons. The number of carbonyl (C=O) groups is 1. The number of benzene rings is 3. The number of nitrogens with zero attached hydrogens (tertiary/aromatic N) is 1. The quantitative estimate of drug-likeness (QED) is 0.407. The van der Waals surface area contributed by atoms with Gasteiger partial charge in [0.15, 0.2) is 0 Å². The number of hydrogen-bond acceptors (Lipinski definition) is 3. The normalized spacial score (nSPS) is 12.3. The van der Waals surface area contributed by atoms with Crippen molar-refractivity contribution in [1.29, 1.82) is 0 Å². The van der Waals surface area contributed by atoms with Gasteiger partial charge in [0.1, 0.15) is 0 Å². The number of hydrogen-bond donors (Lipinski definition) is 1. The smallest absolute Gasteiger partial charge is 0.326 e. The van der Waals surface area contributed by atoms with E-state index in [-0.39, 0.29) is 6.03 Å². The first-order valence-corrected chi connectivity index (χ1v) is 11.8. The average molecular weight is 461 g/mol. The van der Waals surface area contributed by atoms with Gasteiger partial charge in [0.05, 0.1) is 21.4 Å². The Kier molecular flexibility index (Phi) is 6.60. The predicted molar refractivity (Wildman–Crippen MR) is 125 cm³/mol. The van der Waals surface area contributed by atoms with Gasteiger partial charge in [0.2, 0.25) is 0 Å². The van der Waals surface area contributed by atoms with Gasteiger partial charge in [-0.05, 0) is 42.0 Å². The summed E-state index contributed by atoms with van der Waals surface area (Å²) in [6.45, 7) is 0.582. The molecule has 1 aliphatic heterocycles. The fourth-order valence-electron chi connectivity index (χ4n) is 3.05. The Hall–Kier alpha value is -1.79. The van der Waals surface area contributed by atoms with Crippen molar-refractivity contribution in [2.75, 3.05) is 17.2 Å². The van der Waals surface area contributed by atoms with E-state index in [9.17, 15) is 4.79 Å². The molecule has 0 aromatic heterocycles. The van der Waals surface area contributed by atoms with Crippen molar-refractivity contribution in [3.8, 4) is 0 Å². The Morgan fingerprint density at radius 3 is 2.24 bits per heavy atom. The number of fused-ring (bicyclic) bond motifs is 2. The van der Waals surface area contributed by atoms with E-state index in [1.165, 1.54) is 0 Å². The third-order valence-electron chi connectivity index (χ3n) is 4.41. The Balaban J connectivity index is 1.37. The number of urea groups is 1. The van der Waals surface area contributed by atoms with E-state index in [4.69, 9.17) is 23.2 Å². The van der Waals surface area contributed by atoms with Gasteiger partial charge in [0.25, 0.3) is 0 Å². The Morgan fingerprint density at radius 2 is 1.59 bits per heavy atom. The van der Waals surface area contributed by atoms with Crippen LogP contribution in [0, 0.1) is 0 Å². The lowest BCUT2D eigenvalue weighted by Gasteiger charge is -2.31. The van der Waals surface area contributed by atoms with Gasteiger partial charge in [-0.3, -0.25) is 4.90 Å². The fraction of sp³-hybridized carbons (Fsp3) is 0.136. The number of halogens is 2. The van der Waals surface area contributed by atoms with Crippen molar-refractivity contribution in [2.24, 2.45) is 0 Å². The van der Waals surface area contributed by atoms with E-state index >= 15 is 0 Å². The number of rotatable bonds is 5. The molecule has 0 spiro atoms. The van der Waals surface area contributed by atoms with Gasteiger partial charge >= 0.3 is 6.03 Å². The number of nitrogens with one attached hydrogen (secondary N) is 1. The summed E-state index contributed by atoms with van der Waals surface area (Å²) in [6, 6.07) is 21.5. The van der Waals surface area contributed by atoms with Crippen LogP contribution in [0.3, 0.4) is 0 Å². The summed E-state index contributed by atoms with van der Waals surface area (Å²) in [7, 11) is 0. The highest BCUT2D eigenvalue weighted by Crippen LogP contribution is 2.47. The molecule has 29 heavy (non-hydrogen) atoms. The van der Waals surface area contributed by atoms with Crippen molar-refractivity contribution in [3.63, 3.8) is 0 Å². The van der Waals surface area contributed by atoms with Crippen molar-refractivity contribution in [2.45, 2.75) is 15.5 Å². The SMILES string of the molecule is O=C(NCCSCc1ccc(Cl)c(Cl)c1)N1c2ccccc2Sc2ccccc21. The van der Waals surface area contributed by atoms with E-state index in [0.29, 0.717) is 16.6 Å². The van der Waals surface area contributed by atoms with E-state index in [0.717, 1.165) is 38.2 Å². The molecule has 1 heterocycles. The largest absolute Gasteiger partial charge is 0.337 e. The maximum Gasteiger partial charge on any atom is 0.326 e. The second-order valence-corrected chi connectivity index (χ2v) is 9.41. The van der Waals surface area contributed by atoms with Crippen LogP contribution in [0.15, 0.2) is 76.5 Å². The molecule has 1 aliphatic rings. The third-order valence-corrected chi connectivity index (χ3v) is 7.31. The van der Waals surface area contributed by atoms with Crippen LogP contribution in [-0.4, -0.2) is 18.3 Å². The minimum atomic E-state index is -0.111. The van der Waals surface area contributed by atoms with Crippen LogP contribution in [0.4, 0.5) is 16.2 Å². The predicted octanol–water partition coefficient (Wildman–Crippen LogP) is 7.24.